The molecule has 15 aromatic carbocycles. The normalized spacial score (nSPS) is 11.2. The van der Waals surface area contributed by atoms with Crippen molar-refractivity contribution in [3.63, 3.8) is 0 Å². The molecule has 0 N–H and O–H groups in total. The minimum atomic E-state index is -0.803. The fourth-order valence-electron chi connectivity index (χ4n) is 14.3. The molecule has 9 heteroatoms. The molecule has 0 unspecified atom stereocenters. The van der Waals surface area contributed by atoms with Gasteiger partial charge in [-0.3, -0.25) is 0 Å². The summed E-state index contributed by atoms with van der Waals surface area (Å²) in [6.45, 7) is 14.7. The highest BCUT2D eigenvalue weighted by atomic mass is 16.5. The maximum Gasteiger partial charge on any atom is 0.343 e. The van der Waals surface area contributed by atoms with E-state index >= 15 is 0 Å². The van der Waals surface area contributed by atoms with Crippen molar-refractivity contribution in [2.75, 3.05) is 14.7 Å². The van der Waals surface area contributed by atoms with Gasteiger partial charge in [-0.1, -0.05) is 222 Å². The lowest BCUT2D eigenvalue weighted by Crippen LogP contribution is -2.28. The molecule has 15 rings (SSSR count). The van der Waals surface area contributed by atoms with Gasteiger partial charge in [-0.2, -0.15) is 0 Å². The zero-order chi connectivity index (χ0) is 76.5. The number of carbonyl (C=O) groups excluding carboxylic acids is 3. The van der Waals surface area contributed by atoms with Crippen molar-refractivity contribution in [3.05, 3.63) is 431 Å². The molecule has 0 saturated heterocycles. The summed E-state index contributed by atoms with van der Waals surface area (Å²) >= 11 is 0. The second kappa shape index (κ2) is 32.3. The van der Waals surface area contributed by atoms with Crippen LogP contribution in [0.15, 0.2) is 364 Å². The van der Waals surface area contributed by atoms with E-state index in [1.54, 1.807) is 36.4 Å². The number of carbonyl (C=O) groups is 3. The summed E-state index contributed by atoms with van der Waals surface area (Å²) in [4.78, 5) is 48.6. The van der Waals surface area contributed by atoms with Crippen LogP contribution in [0.2, 0.25) is 0 Å². The van der Waals surface area contributed by atoms with E-state index in [1.165, 1.54) is 33.4 Å². The molecule has 0 atom stereocenters. The highest BCUT2D eigenvalue weighted by molar-refractivity contribution is 5.94. The van der Waals surface area contributed by atoms with E-state index in [0.29, 0.717) is 40.4 Å². The lowest BCUT2D eigenvalue weighted by Gasteiger charge is -2.35. The van der Waals surface area contributed by atoms with Crippen LogP contribution in [0.5, 0.6) is 17.2 Å². The summed E-state index contributed by atoms with van der Waals surface area (Å²) < 4.78 is 18.2. The van der Waals surface area contributed by atoms with Crippen molar-refractivity contribution in [2.24, 2.45) is 0 Å². The molecule has 0 aliphatic rings. The fraction of sp³-hybridized carbons (Fsp3) is 0.0882. The number of ether oxygens (including phenoxy) is 3. The highest BCUT2D eigenvalue weighted by Crippen LogP contribution is 2.45. The number of anilines is 9. The van der Waals surface area contributed by atoms with Crippen molar-refractivity contribution in [3.8, 4) is 50.6 Å². The summed E-state index contributed by atoms with van der Waals surface area (Å²) in [7, 11) is 0. The number of aryl methyl sites for hydroxylation is 6. The molecule has 0 amide bonds. The van der Waals surface area contributed by atoms with Crippen LogP contribution in [0.1, 0.15) is 94.5 Å². The van der Waals surface area contributed by atoms with Gasteiger partial charge < -0.3 is 28.9 Å². The van der Waals surface area contributed by atoms with Crippen molar-refractivity contribution in [2.45, 2.75) is 60.3 Å². The first-order valence-electron chi connectivity index (χ1n) is 37.5. The van der Waals surface area contributed by atoms with Crippen LogP contribution < -0.4 is 28.9 Å². The standard InChI is InChI=1S/C102H83N3O6/c1-8-102(84-39-63-96(64-40-84)109-99(106)81-27-21-75(22-28-81)78-33-57-93(58-34-78)103(87-45-9-69(2)10-46-87)88-47-11-70(3)12-48-88,85-41-65-97(66-42-85)110-100(107)82-29-23-76(24-30-82)79-35-59-94(60-36-79)104(89-49-13-71(4)14-50-89)90-51-15-72(5)16-52-90)86-43-67-98(68-44-86)111-101(108)83-31-25-77(26-32-83)80-37-61-95(62-38-80)105(91-53-17-73(6)18-54-91)92-55-19-74(7)20-56-92/h9-68H,8H2,1-7H3. The Kier molecular flexibility index (Phi) is 21.1. The minimum absolute atomic E-state index is 0.375. The van der Waals surface area contributed by atoms with Gasteiger partial charge in [-0.15, -0.1) is 0 Å². The van der Waals surface area contributed by atoms with Gasteiger partial charge in [0.1, 0.15) is 17.2 Å². The van der Waals surface area contributed by atoms with E-state index in [0.717, 1.165) is 101 Å². The van der Waals surface area contributed by atoms with Crippen LogP contribution in [0.25, 0.3) is 33.4 Å². The van der Waals surface area contributed by atoms with Crippen molar-refractivity contribution in [1.29, 1.82) is 0 Å². The van der Waals surface area contributed by atoms with Gasteiger partial charge in [0.25, 0.3) is 0 Å². The first kappa shape index (κ1) is 72.7. The van der Waals surface area contributed by atoms with Crippen molar-refractivity contribution in [1.82, 2.24) is 0 Å². The van der Waals surface area contributed by atoms with Gasteiger partial charge in [0.05, 0.1) is 16.7 Å². The Balaban J connectivity index is 0.653. The Morgan fingerprint density at radius 3 is 0.532 bits per heavy atom. The quantitative estimate of drug-likeness (QED) is 0.0374. The largest absolute Gasteiger partial charge is 0.423 e. The average Bonchev–Trinajstić information content (AvgIpc) is 0.762. The van der Waals surface area contributed by atoms with E-state index in [2.05, 4.69) is 282 Å². The second-order valence-corrected chi connectivity index (χ2v) is 28.4. The Bertz CT molecular complexity index is 5010. The van der Waals surface area contributed by atoms with E-state index in [1.807, 2.05) is 109 Å². The van der Waals surface area contributed by atoms with Gasteiger partial charge in [0, 0.05) is 56.6 Å². The molecule has 0 aliphatic carbocycles. The molecule has 0 aromatic heterocycles. The van der Waals surface area contributed by atoms with Gasteiger partial charge in [-0.25, -0.2) is 14.4 Å². The number of hydrogen-bond donors (Lipinski definition) is 0. The summed E-state index contributed by atoms with van der Waals surface area (Å²) in [5.41, 5.74) is 25.7. The Morgan fingerprint density at radius 2 is 0.369 bits per heavy atom. The Morgan fingerprint density at radius 1 is 0.216 bits per heavy atom. The third kappa shape index (κ3) is 16.2. The van der Waals surface area contributed by atoms with Gasteiger partial charge in [0.15, 0.2) is 0 Å². The lowest BCUT2D eigenvalue weighted by molar-refractivity contribution is 0.0725. The third-order valence-electron chi connectivity index (χ3n) is 20.7. The lowest BCUT2D eigenvalue weighted by atomic mass is 9.67. The molecule has 15 aromatic rings. The number of nitrogens with zero attached hydrogens (tertiary/aromatic N) is 3. The Labute approximate surface area is 650 Å². The molecular formula is C102H83N3O6. The smallest absolute Gasteiger partial charge is 0.343 e. The molecule has 0 aliphatic heterocycles. The molecule has 0 fully saturated rings. The van der Waals surface area contributed by atoms with E-state index in [-0.39, 0.29) is 0 Å². The van der Waals surface area contributed by atoms with E-state index < -0.39 is 23.3 Å². The molecule has 9 nitrogen and oxygen atoms in total. The van der Waals surface area contributed by atoms with E-state index in [4.69, 9.17) is 14.2 Å². The molecule has 111 heavy (non-hydrogen) atoms. The van der Waals surface area contributed by atoms with Crippen LogP contribution in [0.3, 0.4) is 0 Å². The van der Waals surface area contributed by atoms with Gasteiger partial charge in [0.2, 0.25) is 0 Å². The third-order valence-corrected chi connectivity index (χ3v) is 20.7. The SMILES string of the molecule is CCC(c1ccc(OC(=O)c2ccc(-c3ccc(N(c4ccc(C)cc4)c4ccc(C)cc4)cc3)cc2)cc1)(c1ccc(OC(=O)c2ccc(-c3ccc(N(c4ccc(C)cc4)c4ccc(C)cc4)cc3)cc2)cc1)c1ccc(OC(=O)c2ccc(-c3ccc(N(c4ccc(C)cc4)c4ccc(C)cc4)cc3)cc2)cc1. The monoisotopic (exact) mass is 1450 g/mol. The van der Waals surface area contributed by atoms with Crippen LogP contribution in [0.4, 0.5) is 51.2 Å². The molecule has 0 bridgehead atoms. The highest BCUT2D eigenvalue weighted by Gasteiger charge is 2.35. The zero-order valence-electron chi connectivity index (χ0n) is 63.1. The molecule has 542 valence electrons. The van der Waals surface area contributed by atoms with Gasteiger partial charge in [-0.05, 0) is 280 Å². The zero-order valence-corrected chi connectivity index (χ0v) is 63.1. The minimum Gasteiger partial charge on any atom is -0.423 e. The molecule has 0 heterocycles. The predicted molar refractivity (Wildman–Crippen MR) is 452 cm³/mol. The summed E-state index contributed by atoms with van der Waals surface area (Å²) in [5, 5.41) is 0. The first-order chi connectivity index (χ1) is 54.1. The molecule has 0 saturated carbocycles. The number of hydrogen-bond acceptors (Lipinski definition) is 9. The number of rotatable bonds is 22. The summed E-state index contributed by atoms with van der Waals surface area (Å²) in [6.07, 6.45) is 0.580. The molecule has 0 radical (unpaired) electrons. The van der Waals surface area contributed by atoms with E-state index in [9.17, 15) is 14.4 Å². The summed E-state index contributed by atoms with van der Waals surface area (Å²) in [6, 6.07) is 122. The van der Waals surface area contributed by atoms with Crippen LogP contribution in [-0.4, -0.2) is 17.9 Å². The molecular weight excluding hydrogens is 1360 g/mol. The van der Waals surface area contributed by atoms with Crippen molar-refractivity contribution < 1.29 is 28.6 Å². The predicted octanol–water partition coefficient (Wildman–Crippen LogP) is 26.3. The maximum absolute atomic E-state index is 14.0. The summed E-state index contributed by atoms with van der Waals surface area (Å²) in [5.74, 6) is -0.344. The second-order valence-electron chi connectivity index (χ2n) is 28.4. The fourth-order valence-corrected chi connectivity index (χ4v) is 14.3. The number of benzene rings is 15. The van der Waals surface area contributed by atoms with Crippen LogP contribution >= 0.6 is 0 Å². The average molecular weight is 1450 g/mol. The topological polar surface area (TPSA) is 88.6 Å². The van der Waals surface area contributed by atoms with Gasteiger partial charge >= 0.3 is 17.9 Å². The van der Waals surface area contributed by atoms with Crippen molar-refractivity contribution >= 4 is 69.1 Å². The first-order valence-corrected chi connectivity index (χ1v) is 37.5. The van der Waals surface area contributed by atoms with Crippen LogP contribution in [-0.2, 0) is 5.41 Å². The number of esters is 3. The molecule has 0 spiro atoms. The Hall–Kier alpha value is -13.9. The maximum atomic E-state index is 14.0. The van der Waals surface area contributed by atoms with Crippen LogP contribution in [0, 0.1) is 41.5 Å².